The molecule has 0 atom stereocenters. The van der Waals surface area contributed by atoms with Crippen LogP contribution in [0.5, 0.6) is 0 Å². The summed E-state index contributed by atoms with van der Waals surface area (Å²) in [6, 6.07) is 0. The molecule has 0 bridgehead atoms. The van der Waals surface area contributed by atoms with Crippen LogP contribution in [0.3, 0.4) is 0 Å². The van der Waals surface area contributed by atoms with E-state index in [0.717, 1.165) is 16.8 Å². The first-order chi connectivity index (χ1) is 9.43. The first-order valence-electron chi connectivity index (χ1n) is 6.16. The summed E-state index contributed by atoms with van der Waals surface area (Å²) in [5.41, 5.74) is 0.271. The Morgan fingerprint density at radius 3 is 2.19 bits per heavy atom. The summed E-state index contributed by atoms with van der Waals surface area (Å²) in [5, 5.41) is 0. The fraction of sp³-hybridized carbons (Fsp3) is 0.727. The quantitative estimate of drug-likeness (QED) is 0.320. The Bertz CT molecular complexity index is 568. The minimum Gasteiger partial charge on any atom is -0.462 e. The van der Waals surface area contributed by atoms with E-state index >= 15 is 0 Å². The molecule has 0 aromatic carbocycles. The van der Waals surface area contributed by atoms with Crippen LogP contribution in [0.25, 0.3) is 0 Å². The molecule has 1 N–H and O–H groups in total. The molecule has 0 aliphatic carbocycles. The molecule has 0 saturated heterocycles. The number of nitrogens with one attached hydrogen (secondary N) is 1. The highest BCUT2D eigenvalue weighted by Gasteiger charge is 2.16. The Balaban J connectivity index is 4.28. The van der Waals surface area contributed by atoms with Crippen LogP contribution in [-0.4, -0.2) is 65.9 Å². The second-order valence-corrected chi connectivity index (χ2v) is 8.41. The van der Waals surface area contributed by atoms with E-state index in [4.69, 9.17) is 4.74 Å². The summed E-state index contributed by atoms with van der Waals surface area (Å²) in [7, 11) is -6.82. The normalized spacial score (nSPS) is 12.4. The summed E-state index contributed by atoms with van der Waals surface area (Å²) >= 11 is 0. The highest BCUT2D eigenvalue weighted by atomic mass is 32.2. The van der Waals surface area contributed by atoms with E-state index in [2.05, 4.69) is 11.3 Å². The van der Waals surface area contributed by atoms with Crippen molar-refractivity contribution in [3.63, 3.8) is 0 Å². The maximum atomic E-state index is 11.6. The molecule has 0 spiro atoms. The van der Waals surface area contributed by atoms with Gasteiger partial charge in [0.1, 0.15) is 0 Å². The van der Waals surface area contributed by atoms with Gasteiger partial charge in [-0.2, -0.15) is 0 Å². The molecule has 0 aliphatic rings. The molecule has 124 valence electrons. The molecule has 0 heterocycles. The predicted octanol–water partition coefficient (Wildman–Crippen LogP) is -0.693. The van der Waals surface area contributed by atoms with Crippen molar-refractivity contribution >= 4 is 26.0 Å². The average molecular weight is 342 g/mol. The smallest absolute Gasteiger partial charge is 0.333 e. The predicted molar refractivity (Wildman–Crippen MR) is 79.7 cm³/mol. The maximum absolute atomic E-state index is 11.6. The topological polar surface area (TPSA) is 110 Å². The fourth-order valence-electron chi connectivity index (χ4n) is 1.33. The van der Waals surface area contributed by atoms with Gasteiger partial charge >= 0.3 is 5.97 Å². The van der Waals surface area contributed by atoms with Gasteiger partial charge in [0.05, 0.1) is 19.1 Å². The first kappa shape index (κ1) is 20.0. The molecule has 0 saturated carbocycles. The fourth-order valence-corrected chi connectivity index (χ4v) is 2.67. The Labute approximate surface area is 126 Å². The zero-order valence-electron chi connectivity index (χ0n) is 12.5. The number of esters is 1. The molecular weight excluding hydrogens is 320 g/mol. The first-order valence-corrected chi connectivity index (χ1v) is 9.90. The van der Waals surface area contributed by atoms with E-state index < -0.39 is 26.0 Å². The highest BCUT2D eigenvalue weighted by Crippen LogP contribution is 2.01. The number of hydrogen-bond donors (Lipinski definition) is 1. The number of hydrogen-bond acceptors (Lipinski definition) is 6. The standard InChI is InChI=1S/C11H22N2O6S2/c1-10(2)11(14)19-9-5-7-13(21(4,17)18)8-6-12-20(3,15)16/h12H,1,5-9H2,2-4H3. The van der Waals surface area contributed by atoms with Crippen LogP contribution in [0.2, 0.25) is 0 Å². The van der Waals surface area contributed by atoms with Gasteiger partial charge in [0.2, 0.25) is 20.0 Å². The van der Waals surface area contributed by atoms with Gasteiger partial charge in [0.15, 0.2) is 0 Å². The minimum atomic E-state index is -3.46. The third-order valence-electron chi connectivity index (χ3n) is 2.33. The van der Waals surface area contributed by atoms with Crippen molar-refractivity contribution in [3.05, 3.63) is 12.2 Å². The molecule has 0 fully saturated rings. The molecule has 0 aliphatic heterocycles. The molecule has 10 heteroatoms. The molecule has 0 aromatic rings. The zero-order chi connectivity index (χ0) is 16.7. The summed E-state index contributed by atoms with van der Waals surface area (Å²) in [5.74, 6) is -0.528. The Kier molecular flexibility index (Phi) is 8.08. The zero-order valence-corrected chi connectivity index (χ0v) is 14.1. The molecule has 0 aromatic heterocycles. The molecule has 0 amide bonds. The monoisotopic (exact) mass is 342 g/mol. The SMILES string of the molecule is C=C(C)C(=O)OCCCN(CCNS(C)(=O)=O)S(C)(=O)=O. The summed E-state index contributed by atoms with van der Waals surface area (Å²) in [4.78, 5) is 11.1. The number of rotatable bonds is 10. The van der Waals surface area contributed by atoms with E-state index in [1.54, 1.807) is 0 Å². The van der Waals surface area contributed by atoms with Crippen molar-refractivity contribution in [3.8, 4) is 0 Å². The summed E-state index contributed by atoms with van der Waals surface area (Å²) in [6.07, 6.45) is 2.34. The van der Waals surface area contributed by atoms with Crippen LogP contribution in [-0.2, 0) is 29.6 Å². The van der Waals surface area contributed by atoms with Gasteiger partial charge in [0.25, 0.3) is 0 Å². The van der Waals surface area contributed by atoms with Crippen LogP contribution in [0.1, 0.15) is 13.3 Å². The van der Waals surface area contributed by atoms with Gasteiger partial charge in [0, 0.05) is 25.2 Å². The second-order valence-electron chi connectivity index (χ2n) is 4.60. The van der Waals surface area contributed by atoms with E-state index in [1.807, 2.05) is 0 Å². The lowest BCUT2D eigenvalue weighted by Gasteiger charge is -2.19. The van der Waals surface area contributed by atoms with Crippen LogP contribution < -0.4 is 4.72 Å². The number of sulfonamides is 2. The maximum Gasteiger partial charge on any atom is 0.333 e. The van der Waals surface area contributed by atoms with Crippen molar-refractivity contribution in [1.82, 2.24) is 9.03 Å². The van der Waals surface area contributed by atoms with Gasteiger partial charge in [-0.3, -0.25) is 0 Å². The second kappa shape index (κ2) is 8.47. The summed E-state index contributed by atoms with van der Waals surface area (Å²) in [6.45, 7) is 5.14. The number of nitrogens with zero attached hydrogens (tertiary/aromatic N) is 1. The Morgan fingerprint density at radius 1 is 1.19 bits per heavy atom. The molecule has 21 heavy (non-hydrogen) atoms. The molecular formula is C11H22N2O6S2. The van der Waals surface area contributed by atoms with E-state index in [1.165, 1.54) is 6.92 Å². The van der Waals surface area contributed by atoms with Crippen molar-refractivity contribution in [2.45, 2.75) is 13.3 Å². The van der Waals surface area contributed by atoms with E-state index in [0.29, 0.717) is 6.42 Å². The van der Waals surface area contributed by atoms with Crippen LogP contribution in [0, 0.1) is 0 Å². The third-order valence-corrected chi connectivity index (χ3v) is 4.36. The molecule has 0 rings (SSSR count). The molecule has 0 unspecified atom stereocenters. The van der Waals surface area contributed by atoms with Crippen molar-refractivity contribution in [2.24, 2.45) is 0 Å². The van der Waals surface area contributed by atoms with E-state index in [9.17, 15) is 21.6 Å². The van der Waals surface area contributed by atoms with Gasteiger partial charge in [-0.05, 0) is 13.3 Å². The highest BCUT2D eigenvalue weighted by molar-refractivity contribution is 7.88. The average Bonchev–Trinajstić information content (AvgIpc) is 2.28. The lowest BCUT2D eigenvalue weighted by molar-refractivity contribution is -0.139. The number of ether oxygens (including phenoxy) is 1. The largest absolute Gasteiger partial charge is 0.462 e. The minimum absolute atomic E-state index is 0.0142. The van der Waals surface area contributed by atoms with Gasteiger partial charge in [-0.15, -0.1) is 0 Å². The number of carbonyl (C=O) groups is 1. The number of carbonyl (C=O) groups excluding carboxylic acids is 1. The van der Waals surface area contributed by atoms with Gasteiger partial charge in [-0.1, -0.05) is 6.58 Å². The van der Waals surface area contributed by atoms with Crippen molar-refractivity contribution < 1.29 is 26.4 Å². The Hall–Kier alpha value is -0.970. The van der Waals surface area contributed by atoms with Crippen molar-refractivity contribution in [2.75, 3.05) is 38.8 Å². The van der Waals surface area contributed by atoms with Crippen LogP contribution in [0.15, 0.2) is 12.2 Å². The molecule has 0 radical (unpaired) electrons. The molecule has 8 nitrogen and oxygen atoms in total. The van der Waals surface area contributed by atoms with Gasteiger partial charge < -0.3 is 4.74 Å². The summed E-state index contributed by atoms with van der Waals surface area (Å²) < 4.78 is 53.1. The van der Waals surface area contributed by atoms with Crippen molar-refractivity contribution in [1.29, 1.82) is 0 Å². The van der Waals surface area contributed by atoms with Gasteiger partial charge in [-0.25, -0.2) is 30.7 Å². The lowest BCUT2D eigenvalue weighted by atomic mass is 10.3. The Morgan fingerprint density at radius 2 is 1.76 bits per heavy atom. The third kappa shape index (κ3) is 10.4. The van der Waals surface area contributed by atoms with E-state index in [-0.39, 0.29) is 31.8 Å². The lowest BCUT2D eigenvalue weighted by Crippen LogP contribution is -2.38. The van der Waals surface area contributed by atoms with Crippen LogP contribution in [0.4, 0.5) is 0 Å². The van der Waals surface area contributed by atoms with Crippen LogP contribution >= 0.6 is 0 Å².